The van der Waals surface area contributed by atoms with Crippen LogP contribution in [0.3, 0.4) is 0 Å². The van der Waals surface area contributed by atoms with E-state index in [1.165, 1.54) is 44.2 Å². The molecule has 0 spiro atoms. The van der Waals surface area contributed by atoms with Crippen molar-refractivity contribution in [1.29, 1.82) is 0 Å². The maximum Gasteiger partial charge on any atom is 0.246 e. The minimum atomic E-state index is -0.324. The number of rotatable bonds is 2. The monoisotopic (exact) mass is 276 g/mol. The number of benzene rings is 1. The molecule has 108 valence electrons. The highest BCUT2D eigenvalue weighted by molar-refractivity contribution is 6.02. The number of anilines is 1. The second kappa shape index (κ2) is 5.92. The van der Waals surface area contributed by atoms with Crippen LogP contribution < -0.4 is 10.6 Å². The van der Waals surface area contributed by atoms with E-state index in [1.807, 2.05) is 0 Å². The van der Waals surface area contributed by atoms with Crippen LogP contribution in [0.4, 0.5) is 10.1 Å². The van der Waals surface area contributed by atoms with E-state index in [1.54, 1.807) is 6.07 Å². The van der Waals surface area contributed by atoms with Gasteiger partial charge in [0, 0.05) is 17.3 Å². The maximum atomic E-state index is 13.2. The first-order chi connectivity index (χ1) is 9.74. The zero-order valence-electron chi connectivity index (χ0n) is 11.6. The molecule has 1 amide bonds. The highest BCUT2D eigenvalue weighted by Crippen LogP contribution is 2.32. The lowest BCUT2D eigenvalue weighted by atomic mass is 9.95. The number of hydrogen-bond acceptors (Lipinski definition) is 2. The van der Waals surface area contributed by atoms with Gasteiger partial charge in [0.25, 0.3) is 0 Å². The molecule has 0 aromatic heterocycles. The summed E-state index contributed by atoms with van der Waals surface area (Å²) in [4.78, 5) is 12.1. The maximum absolute atomic E-state index is 13.2. The van der Waals surface area contributed by atoms with Crippen molar-refractivity contribution in [2.24, 2.45) is 0 Å². The summed E-state index contributed by atoms with van der Waals surface area (Å²) < 4.78 is 13.2. The van der Waals surface area contributed by atoms with Gasteiger partial charge in [0.05, 0.1) is 0 Å². The first-order valence-electron chi connectivity index (χ1n) is 7.60. The number of nitrogens with one attached hydrogen (secondary N) is 2. The fourth-order valence-corrected chi connectivity index (χ4v) is 3.26. The Hall–Kier alpha value is -1.42. The van der Waals surface area contributed by atoms with E-state index in [0.29, 0.717) is 11.7 Å². The molecule has 1 heterocycles. The number of carbonyl (C=O) groups is 1. The molecule has 2 N–H and O–H groups in total. The molecule has 1 atom stereocenters. The van der Waals surface area contributed by atoms with Crippen molar-refractivity contribution in [2.75, 3.05) is 5.32 Å². The number of hydrogen-bond donors (Lipinski definition) is 2. The molecule has 4 heteroatoms. The summed E-state index contributed by atoms with van der Waals surface area (Å²) in [6.07, 6.45) is 8.61. The molecule has 1 aromatic rings. The molecule has 1 aromatic carbocycles. The number of halogens is 1. The lowest BCUT2D eigenvalue weighted by Gasteiger charge is -2.24. The normalized spacial score (nSPS) is 23.9. The summed E-state index contributed by atoms with van der Waals surface area (Å²) in [6, 6.07) is 4.60. The summed E-state index contributed by atoms with van der Waals surface area (Å²) in [5, 5.41) is 6.24. The molecule has 0 radical (unpaired) electrons. The van der Waals surface area contributed by atoms with Crippen LogP contribution in [0.15, 0.2) is 18.2 Å². The third-order valence-corrected chi connectivity index (χ3v) is 4.35. The predicted octanol–water partition coefficient (Wildman–Crippen LogP) is 3.52. The summed E-state index contributed by atoms with van der Waals surface area (Å²) in [5.41, 5.74) is 1.48. The number of carbonyl (C=O) groups excluding carboxylic acids is 1. The predicted molar refractivity (Wildman–Crippen MR) is 77.0 cm³/mol. The minimum Gasteiger partial charge on any atom is -0.324 e. The number of amides is 1. The van der Waals surface area contributed by atoms with Gasteiger partial charge >= 0.3 is 0 Å². The second-order valence-corrected chi connectivity index (χ2v) is 5.86. The highest BCUT2D eigenvalue weighted by atomic mass is 19.1. The van der Waals surface area contributed by atoms with E-state index in [-0.39, 0.29) is 17.8 Å². The summed E-state index contributed by atoms with van der Waals surface area (Å²) in [5.74, 6) is -0.372. The number of fused-ring (bicyclic) bond motifs is 1. The van der Waals surface area contributed by atoms with Crippen LogP contribution in [0.1, 0.15) is 56.6 Å². The lowest BCUT2D eigenvalue weighted by Crippen LogP contribution is -2.36. The van der Waals surface area contributed by atoms with Gasteiger partial charge in [-0.15, -0.1) is 0 Å². The fourth-order valence-electron chi connectivity index (χ4n) is 3.26. The van der Waals surface area contributed by atoms with Crippen LogP contribution >= 0.6 is 0 Å². The van der Waals surface area contributed by atoms with Crippen molar-refractivity contribution in [3.8, 4) is 0 Å². The van der Waals surface area contributed by atoms with Crippen LogP contribution in [-0.2, 0) is 4.79 Å². The third-order valence-electron chi connectivity index (χ3n) is 4.35. The first kappa shape index (κ1) is 13.6. The average molecular weight is 276 g/mol. The van der Waals surface area contributed by atoms with Crippen molar-refractivity contribution in [2.45, 2.75) is 57.0 Å². The molecule has 1 aliphatic carbocycles. The largest absolute Gasteiger partial charge is 0.324 e. The molecular formula is C16H21FN2O. The zero-order valence-corrected chi connectivity index (χ0v) is 11.6. The molecule has 1 unspecified atom stereocenters. The van der Waals surface area contributed by atoms with Gasteiger partial charge in [-0.25, -0.2) is 4.39 Å². The van der Waals surface area contributed by atoms with Crippen LogP contribution in [0.5, 0.6) is 0 Å². The fraction of sp³-hybridized carbons (Fsp3) is 0.562. The topological polar surface area (TPSA) is 41.1 Å². The van der Waals surface area contributed by atoms with Crippen LogP contribution in [-0.4, -0.2) is 11.9 Å². The Labute approximate surface area is 118 Å². The second-order valence-electron chi connectivity index (χ2n) is 5.86. The molecule has 0 saturated heterocycles. The van der Waals surface area contributed by atoms with Crippen LogP contribution in [0.2, 0.25) is 0 Å². The Morgan fingerprint density at radius 1 is 1.10 bits per heavy atom. The van der Waals surface area contributed by atoms with Gasteiger partial charge in [-0.3, -0.25) is 10.1 Å². The molecular weight excluding hydrogens is 255 g/mol. The van der Waals surface area contributed by atoms with Crippen molar-refractivity contribution < 1.29 is 9.18 Å². The summed E-state index contributed by atoms with van der Waals surface area (Å²) >= 11 is 0. The molecule has 1 fully saturated rings. The van der Waals surface area contributed by atoms with Crippen molar-refractivity contribution in [3.05, 3.63) is 29.6 Å². The van der Waals surface area contributed by atoms with Gasteiger partial charge in [-0.2, -0.15) is 0 Å². The van der Waals surface area contributed by atoms with E-state index in [0.717, 1.165) is 18.4 Å². The van der Waals surface area contributed by atoms with Gasteiger partial charge in [0.1, 0.15) is 11.9 Å². The SMILES string of the molecule is O=C1Nc2cc(F)ccc2C1NC1CCCCCCC1. The molecule has 2 aliphatic rings. The van der Waals surface area contributed by atoms with Crippen LogP contribution in [0, 0.1) is 5.82 Å². The summed E-state index contributed by atoms with van der Waals surface area (Å²) in [7, 11) is 0. The Kier molecular flexibility index (Phi) is 4.01. The van der Waals surface area contributed by atoms with Crippen LogP contribution in [0.25, 0.3) is 0 Å². The Bertz CT molecular complexity index is 495. The average Bonchev–Trinajstić information content (AvgIpc) is 2.67. The molecule has 20 heavy (non-hydrogen) atoms. The minimum absolute atomic E-state index is 0.0624. The summed E-state index contributed by atoms with van der Waals surface area (Å²) in [6.45, 7) is 0. The Morgan fingerprint density at radius 2 is 1.80 bits per heavy atom. The first-order valence-corrected chi connectivity index (χ1v) is 7.60. The molecule has 3 rings (SSSR count). The van der Waals surface area contributed by atoms with E-state index in [9.17, 15) is 9.18 Å². The van der Waals surface area contributed by atoms with E-state index in [2.05, 4.69) is 10.6 Å². The van der Waals surface area contributed by atoms with Crippen molar-refractivity contribution in [3.63, 3.8) is 0 Å². The Balaban J connectivity index is 1.72. The van der Waals surface area contributed by atoms with Crippen molar-refractivity contribution >= 4 is 11.6 Å². The Morgan fingerprint density at radius 3 is 2.55 bits per heavy atom. The van der Waals surface area contributed by atoms with E-state index >= 15 is 0 Å². The van der Waals surface area contributed by atoms with E-state index < -0.39 is 0 Å². The van der Waals surface area contributed by atoms with Crippen molar-refractivity contribution in [1.82, 2.24) is 5.32 Å². The molecule has 1 aliphatic heterocycles. The van der Waals surface area contributed by atoms with E-state index in [4.69, 9.17) is 0 Å². The quantitative estimate of drug-likeness (QED) is 0.867. The van der Waals surface area contributed by atoms with Gasteiger partial charge in [0.15, 0.2) is 0 Å². The van der Waals surface area contributed by atoms with Gasteiger partial charge in [-0.1, -0.05) is 38.2 Å². The third kappa shape index (κ3) is 2.85. The van der Waals surface area contributed by atoms with Gasteiger partial charge in [-0.05, 0) is 25.0 Å². The molecule has 0 bridgehead atoms. The van der Waals surface area contributed by atoms with Gasteiger partial charge < -0.3 is 5.32 Å². The molecule has 3 nitrogen and oxygen atoms in total. The standard InChI is InChI=1S/C16H21FN2O/c17-11-8-9-13-14(10-11)19-16(20)15(13)18-12-6-4-2-1-3-5-7-12/h8-10,12,15,18H,1-7H2,(H,19,20). The highest BCUT2D eigenvalue weighted by Gasteiger charge is 2.32. The lowest BCUT2D eigenvalue weighted by molar-refractivity contribution is -0.117. The smallest absolute Gasteiger partial charge is 0.246 e. The molecule has 1 saturated carbocycles. The zero-order chi connectivity index (χ0) is 13.9. The van der Waals surface area contributed by atoms with Gasteiger partial charge in [0.2, 0.25) is 5.91 Å².